The molecule has 0 saturated carbocycles. The van der Waals surface area contributed by atoms with Crippen LogP contribution < -0.4 is 0 Å². The van der Waals surface area contributed by atoms with Crippen molar-refractivity contribution < 1.29 is 4.74 Å². The predicted octanol–water partition coefficient (Wildman–Crippen LogP) is 3.04. The number of rotatable bonds is 3. The van der Waals surface area contributed by atoms with Crippen LogP contribution in [-0.4, -0.2) is 6.10 Å². The van der Waals surface area contributed by atoms with E-state index in [0.29, 0.717) is 6.10 Å². The topological polar surface area (TPSA) is 9.23 Å². The van der Waals surface area contributed by atoms with Crippen molar-refractivity contribution in [3.8, 4) is 0 Å². The van der Waals surface area contributed by atoms with Crippen LogP contribution in [-0.2, 0) is 4.74 Å². The van der Waals surface area contributed by atoms with Crippen molar-refractivity contribution in [3.05, 3.63) is 24.5 Å². The van der Waals surface area contributed by atoms with E-state index in [0.717, 1.165) is 12.8 Å². The minimum absolute atomic E-state index is 0.469. The maximum absolute atomic E-state index is 5.41. The summed E-state index contributed by atoms with van der Waals surface area (Å²) in [6, 6.07) is 0. The molecular formula is C10H16O. The molecule has 62 valence electrons. The van der Waals surface area contributed by atoms with E-state index in [9.17, 15) is 0 Å². The maximum Gasteiger partial charge on any atom is 0.0984 e. The van der Waals surface area contributed by atoms with Gasteiger partial charge < -0.3 is 4.74 Å². The van der Waals surface area contributed by atoms with E-state index >= 15 is 0 Å². The van der Waals surface area contributed by atoms with Crippen molar-refractivity contribution in [2.75, 3.05) is 0 Å². The number of allylic oxidation sites excluding steroid dienone is 3. The molecule has 0 aliphatic carbocycles. The fraction of sp³-hybridized carbons (Fsp3) is 0.600. The Labute approximate surface area is 68.8 Å². The van der Waals surface area contributed by atoms with Gasteiger partial charge in [-0.05, 0) is 38.7 Å². The Balaban J connectivity index is 2.11. The zero-order valence-corrected chi connectivity index (χ0v) is 7.12. The molecule has 0 saturated heterocycles. The standard InChI is InChI=1S/C10H16O/c1-2-3-4-7-10-8-5-6-9-11-10/h2-3,6,9-10H,4-5,7-8H2,1H3/b3-2+. The van der Waals surface area contributed by atoms with E-state index in [-0.39, 0.29) is 0 Å². The monoisotopic (exact) mass is 152 g/mol. The second kappa shape index (κ2) is 5.00. The molecule has 1 aliphatic heterocycles. The minimum atomic E-state index is 0.469. The van der Waals surface area contributed by atoms with Crippen LogP contribution in [0.25, 0.3) is 0 Å². The molecule has 1 heteroatoms. The fourth-order valence-electron chi connectivity index (χ4n) is 1.25. The van der Waals surface area contributed by atoms with Crippen LogP contribution in [0.5, 0.6) is 0 Å². The average molecular weight is 152 g/mol. The molecule has 0 bridgehead atoms. The van der Waals surface area contributed by atoms with E-state index in [1.807, 2.05) is 6.26 Å². The summed E-state index contributed by atoms with van der Waals surface area (Å²) in [5.41, 5.74) is 0. The van der Waals surface area contributed by atoms with Crippen LogP contribution in [0.4, 0.5) is 0 Å². The zero-order valence-electron chi connectivity index (χ0n) is 7.12. The quantitative estimate of drug-likeness (QED) is 0.565. The third kappa shape index (κ3) is 3.26. The van der Waals surface area contributed by atoms with E-state index in [1.165, 1.54) is 12.8 Å². The van der Waals surface area contributed by atoms with Crippen LogP contribution in [0.3, 0.4) is 0 Å². The normalized spacial score (nSPS) is 23.9. The molecule has 0 radical (unpaired) electrons. The van der Waals surface area contributed by atoms with Crippen molar-refractivity contribution in [2.45, 2.75) is 38.7 Å². The van der Waals surface area contributed by atoms with E-state index in [2.05, 4.69) is 25.2 Å². The summed E-state index contributed by atoms with van der Waals surface area (Å²) in [6.07, 6.45) is 13.4. The summed E-state index contributed by atoms with van der Waals surface area (Å²) in [5.74, 6) is 0. The molecule has 1 nitrogen and oxygen atoms in total. The zero-order chi connectivity index (χ0) is 7.94. The Morgan fingerprint density at radius 2 is 2.55 bits per heavy atom. The lowest BCUT2D eigenvalue weighted by atomic mass is 10.1. The predicted molar refractivity (Wildman–Crippen MR) is 47.3 cm³/mol. The van der Waals surface area contributed by atoms with Crippen molar-refractivity contribution in [1.82, 2.24) is 0 Å². The molecule has 0 fully saturated rings. The van der Waals surface area contributed by atoms with Gasteiger partial charge in [0.15, 0.2) is 0 Å². The van der Waals surface area contributed by atoms with Gasteiger partial charge in [0, 0.05) is 0 Å². The lowest BCUT2D eigenvalue weighted by Crippen LogP contribution is -2.11. The Hall–Kier alpha value is -0.720. The highest BCUT2D eigenvalue weighted by molar-refractivity contribution is 4.84. The smallest absolute Gasteiger partial charge is 0.0984 e. The summed E-state index contributed by atoms with van der Waals surface area (Å²) >= 11 is 0. The van der Waals surface area contributed by atoms with E-state index in [4.69, 9.17) is 4.74 Å². The highest BCUT2D eigenvalue weighted by Crippen LogP contribution is 2.14. The van der Waals surface area contributed by atoms with Crippen molar-refractivity contribution >= 4 is 0 Å². The van der Waals surface area contributed by atoms with Crippen LogP contribution in [0.2, 0.25) is 0 Å². The third-order valence-corrected chi connectivity index (χ3v) is 1.91. The lowest BCUT2D eigenvalue weighted by Gasteiger charge is -2.18. The first-order valence-corrected chi connectivity index (χ1v) is 4.35. The van der Waals surface area contributed by atoms with Crippen LogP contribution >= 0.6 is 0 Å². The van der Waals surface area contributed by atoms with Crippen molar-refractivity contribution in [2.24, 2.45) is 0 Å². The summed E-state index contributed by atoms with van der Waals surface area (Å²) in [6.45, 7) is 2.06. The molecule has 1 aliphatic rings. The Morgan fingerprint density at radius 1 is 1.64 bits per heavy atom. The van der Waals surface area contributed by atoms with Crippen LogP contribution in [0.15, 0.2) is 24.5 Å². The summed E-state index contributed by atoms with van der Waals surface area (Å²) in [4.78, 5) is 0. The van der Waals surface area contributed by atoms with Gasteiger partial charge >= 0.3 is 0 Å². The first-order valence-electron chi connectivity index (χ1n) is 4.35. The summed E-state index contributed by atoms with van der Waals surface area (Å²) in [7, 11) is 0. The van der Waals surface area contributed by atoms with E-state index in [1.54, 1.807) is 0 Å². The van der Waals surface area contributed by atoms with Gasteiger partial charge in [-0.25, -0.2) is 0 Å². The Kier molecular flexibility index (Phi) is 3.81. The summed E-state index contributed by atoms with van der Waals surface area (Å²) in [5, 5.41) is 0. The SMILES string of the molecule is C/C=C/CCC1CCC=CO1. The molecule has 1 rings (SSSR count). The first kappa shape index (κ1) is 8.38. The van der Waals surface area contributed by atoms with Crippen LogP contribution in [0.1, 0.15) is 32.6 Å². The summed E-state index contributed by atoms with van der Waals surface area (Å²) < 4.78 is 5.41. The van der Waals surface area contributed by atoms with Gasteiger partial charge in [0.2, 0.25) is 0 Å². The molecular weight excluding hydrogens is 136 g/mol. The third-order valence-electron chi connectivity index (χ3n) is 1.91. The number of hydrogen-bond donors (Lipinski definition) is 0. The highest BCUT2D eigenvalue weighted by atomic mass is 16.5. The van der Waals surface area contributed by atoms with Gasteiger partial charge in [0.25, 0.3) is 0 Å². The molecule has 0 aromatic carbocycles. The maximum atomic E-state index is 5.41. The lowest BCUT2D eigenvalue weighted by molar-refractivity contribution is 0.117. The molecule has 1 unspecified atom stereocenters. The minimum Gasteiger partial charge on any atom is -0.498 e. The van der Waals surface area contributed by atoms with Gasteiger partial charge in [-0.2, -0.15) is 0 Å². The van der Waals surface area contributed by atoms with Gasteiger partial charge in [0.1, 0.15) is 0 Å². The van der Waals surface area contributed by atoms with Crippen molar-refractivity contribution in [1.29, 1.82) is 0 Å². The van der Waals surface area contributed by atoms with Crippen molar-refractivity contribution in [3.63, 3.8) is 0 Å². The van der Waals surface area contributed by atoms with Gasteiger partial charge in [-0.1, -0.05) is 12.2 Å². The van der Waals surface area contributed by atoms with Gasteiger partial charge in [-0.3, -0.25) is 0 Å². The molecule has 0 amide bonds. The molecule has 0 N–H and O–H groups in total. The fourth-order valence-corrected chi connectivity index (χ4v) is 1.25. The van der Waals surface area contributed by atoms with E-state index < -0.39 is 0 Å². The Morgan fingerprint density at radius 3 is 3.18 bits per heavy atom. The second-order valence-electron chi connectivity index (χ2n) is 2.85. The highest BCUT2D eigenvalue weighted by Gasteiger charge is 2.08. The second-order valence-corrected chi connectivity index (χ2v) is 2.85. The van der Waals surface area contributed by atoms with Gasteiger partial charge in [0.05, 0.1) is 12.4 Å². The average Bonchev–Trinajstić information content (AvgIpc) is 2.07. The number of ether oxygens (including phenoxy) is 1. The first-order chi connectivity index (χ1) is 5.43. The number of hydrogen-bond acceptors (Lipinski definition) is 1. The molecule has 0 spiro atoms. The molecule has 0 aromatic rings. The molecule has 1 atom stereocenters. The van der Waals surface area contributed by atoms with Gasteiger partial charge in [-0.15, -0.1) is 0 Å². The molecule has 0 aromatic heterocycles. The molecule has 1 heterocycles. The largest absolute Gasteiger partial charge is 0.498 e. The Bertz CT molecular complexity index is 147. The molecule has 11 heavy (non-hydrogen) atoms. The van der Waals surface area contributed by atoms with Crippen LogP contribution in [0, 0.1) is 0 Å².